The second-order valence-corrected chi connectivity index (χ2v) is 8.43. The van der Waals surface area contributed by atoms with Crippen molar-refractivity contribution in [3.63, 3.8) is 0 Å². The summed E-state index contributed by atoms with van der Waals surface area (Å²) in [6, 6.07) is 3.08. The van der Waals surface area contributed by atoms with E-state index in [0.717, 1.165) is 31.6 Å². The van der Waals surface area contributed by atoms with Crippen molar-refractivity contribution in [2.24, 2.45) is 0 Å². The van der Waals surface area contributed by atoms with Crippen molar-refractivity contribution < 1.29 is 19.6 Å². The van der Waals surface area contributed by atoms with Crippen molar-refractivity contribution in [3.05, 3.63) is 0 Å². The van der Waals surface area contributed by atoms with Crippen LogP contribution in [0.4, 0.5) is 0 Å². The molecule has 1 heterocycles. The lowest BCUT2D eigenvalue weighted by Crippen LogP contribution is -2.38. The number of hydrogen-bond donors (Lipinski definition) is 2. The molecule has 1 unspecified atom stereocenters. The molecule has 0 fully saturated rings. The first kappa shape index (κ1) is 26.5. The second-order valence-electron chi connectivity index (χ2n) is 8.43. The van der Waals surface area contributed by atoms with E-state index in [4.69, 9.17) is 0 Å². The Bertz CT molecular complexity index is 566. The Labute approximate surface area is 183 Å². The Balaban J connectivity index is 1.99. The number of carboxylic acids is 1. The highest BCUT2D eigenvalue weighted by Gasteiger charge is 2.14. The number of hydrogen-bond acceptors (Lipinski definition) is 5. The smallest absolute Gasteiger partial charge is 0.226 e. The second kappa shape index (κ2) is 17.1. The predicted octanol–water partition coefficient (Wildman–Crippen LogP) is 1.75. The molecule has 0 aromatic heterocycles. The molecule has 1 aliphatic rings. The maximum absolute atomic E-state index is 10.8. The number of nitrogens with one attached hydrogen (secondary N) is 1. The number of aliphatic carboxylic acids is 1. The van der Waals surface area contributed by atoms with E-state index in [1.54, 1.807) is 4.58 Å². The van der Waals surface area contributed by atoms with Crippen molar-refractivity contribution in [2.75, 3.05) is 39.3 Å². The van der Waals surface area contributed by atoms with Crippen LogP contribution in [-0.4, -0.2) is 71.6 Å². The Morgan fingerprint density at radius 3 is 2.43 bits per heavy atom. The average Bonchev–Trinajstić information content (AvgIpc) is 2.88. The third kappa shape index (κ3) is 13.6. The summed E-state index contributed by atoms with van der Waals surface area (Å²) in [6.07, 6.45) is 13.7. The van der Waals surface area contributed by atoms with E-state index >= 15 is 0 Å². The zero-order valence-corrected chi connectivity index (χ0v) is 19.3. The Morgan fingerprint density at radius 2 is 1.80 bits per heavy atom. The van der Waals surface area contributed by atoms with Gasteiger partial charge in [0.1, 0.15) is 5.97 Å². The van der Waals surface area contributed by atoms with Gasteiger partial charge in [-0.15, -0.1) is 0 Å². The van der Waals surface area contributed by atoms with Crippen LogP contribution in [0.5, 0.6) is 0 Å². The fourth-order valence-electron chi connectivity index (χ4n) is 3.68. The lowest BCUT2D eigenvalue weighted by molar-refractivity contribution is -0.526. The van der Waals surface area contributed by atoms with Crippen molar-refractivity contribution >= 4 is 11.7 Å². The van der Waals surface area contributed by atoms with Crippen LogP contribution in [-0.2, 0) is 4.79 Å². The van der Waals surface area contributed by atoms with Gasteiger partial charge in [0.25, 0.3) is 0 Å². The normalized spacial score (nSPS) is 15.0. The molecule has 6 heteroatoms. The molecule has 0 saturated heterocycles. The standard InChI is InChI=1S/C24H43N3O3/c1-3-4-5-6-7-8-9-10-11-12-13-23(28)20-25-15-17-26-16-14-22(2)27(19-18-26)21-24(29)30/h23,25,28H,3-13,15,17-21H2,1-2H3. The first-order valence-electron chi connectivity index (χ1n) is 12.0. The van der Waals surface area contributed by atoms with Crippen LogP contribution in [0, 0.1) is 12.0 Å². The maximum Gasteiger partial charge on any atom is 0.226 e. The fourth-order valence-corrected chi connectivity index (χ4v) is 3.68. The Morgan fingerprint density at radius 1 is 1.17 bits per heavy atom. The van der Waals surface area contributed by atoms with Crippen LogP contribution < -0.4 is 10.4 Å². The van der Waals surface area contributed by atoms with Crippen molar-refractivity contribution in [2.45, 2.75) is 90.6 Å². The highest BCUT2D eigenvalue weighted by Crippen LogP contribution is 2.11. The third-order valence-corrected chi connectivity index (χ3v) is 5.66. The summed E-state index contributed by atoms with van der Waals surface area (Å²) >= 11 is 0. The van der Waals surface area contributed by atoms with Gasteiger partial charge in [-0.25, -0.2) is 4.58 Å². The van der Waals surface area contributed by atoms with Gasteiger partial charge in [-0.1, -0.05) is 71.1 Å². The number of aliphatic hydroxyl groups excluding tert-OH is 1. The molecule has 0 aromatic carbocycles. The van der Waals surface area contributed by atoms with Gasteiger partial charge in [0.2, 0.25) is 5.71 Å². The van der Waals surface area contributed by atoms with E-state index < -0.39 is 5.97 Å². The van der Waals surface area contributed by atoms with Crippen LogP contribution in [0.25, 0.3) is 0 Å². The molecule has 1 aliphatic heterocycles. The average molecular weight is 422 g/mol. The number of carbonyl (C=O) groups excluding carboxylic acids is 1. The monoisotopic (exact) mass is 421 g/mol. The van der Waals surface area contributed by atoms with Gasteiger partial charge in [-0.3, -0.25) is 0 Å². The summed E-state index contributed by atoms with van der Waals surface area (Å²) in [4.78, 5) is 12.8. The van der Waals surface area contributed by atoms with Crippen LogP contribution in [0.15, 0.2) is 0 Å². The molecular formula is C24H43N3O3. The van der Waals surface area contributed by atoms with Crippen LogP contribution in [0.3, 0.4) is 0 Å². The molecule has 30 heavy (non-hydrogen) atoms. The van der Waals surface area contributed by atoms with Crippen LogP contribution in [0.1, 0.15) is 84.5 Å². The van der Waals surface area contributed by atoms with Gasteiger partial charge in [-0.05, 0) is 6.42 Å². The zero-order chi connectivity index (χ0) is 22.0. The third-order valence-electron chi connectivity index (χ3n) is 5.66. The molecule has 2 N–H and O–H groups in total. The molecule has 0 spiro atoms. The summed E-state index contributed by atoms with van der Waals surface area (Å²) < 4.78 is 1.74. The molecule has 1 atom stereocenters. The largest absolute Gasteiger partial charge is 0.544 e. The van der Waals surface area contributed by atoms with Gasteiger partial charge >= 0.3 is 0 Å². The number of carboxylic acid groups (broad SMARTS) is 1. The number of unbranched alkanes of at least 4 members (excludes halogenated alkanes) is 9. The predicted molar refractivity (Wildman–Crippen MR) is 120 cm³/mol. The molecular weight excluding hydrogens is 378 g/mol. The molecule has 0 amide bonds. The van der Waals surface area contributed by atoms with Crippen molar-refractivity contribution in [1.82, 2.24) is 10.2 Å². The minimum absolute atomic E-state index is 0.113. The lowest BCUT2D eigenvalue weighted by Gasteiger charge is -2.17. The topological polar surface area (TPSA) is 78.6 Å². The molecule has 0 bridgehead atoms. The van der Waals surface area contributed by atoms with Gasteiger partial charge in [0.15, 0.2) is 13.1 Å². The van der Waals surface area contributed by atoms with Gasteiger partial charge in [0.05, 0.1) is 12.6 Å². The highest BCUT2D eigenvalue weighted by molar-refractivity contribution is 5.94. The van der Waals surface area contributed by atoms with E-state index in [2.05, 4.69) is 24.2 Å². The van der Waals surface area contributed by atoms with E-state index in [0.29, 0.717) is 19.6 Å². The van der Waals surface area contributed by atoms with E-state index in [-0.39, 0.29) is 12.6 Å². The molecule has 0 saturated carbocycles. The molecule has 1 rings (SSSR count). The lowest BCUT2D eigenvalue weighted by atomic mass is 10.0. The van der Waals surface area contributed by atoms with E-state index in [1.807, 2.05) is 11.8 Å². The van der Waals surface area contributed by atoms with E-state index in [9.17, 15) is 15.0 Å². The summed E-state index contributed by atoms with van der Waals surface area (Å²) in [5.41, 5.74) is 0.765. The highest BCUT2D eigenvalue weighted by atomic mass is 16.4. The molecule has 0 aromatic rings. The molecule has 6 nitrogen and oxygen atoms in total. The first-order valence-corrected chi connectivity index (χ1v) is 12.0. The van der Waals surface area contributed by atoms with Crippen LogP contribution in [0.2, 0.25) is 0 Å². The van der Waals surface area contributed by atoms with Gasteiger partial charge in [-0.2, -0.15) is 0 Å². The number of rotatable bonds is 18. The first-order chi connectivity index (χ1) is 14.5. The minimum Gasteiger partial charge on any atom is -0.544 e. The summed E-state index contributed by atoms with van der Waals surface area (Å²) in [6.45, 7) is 7.40. The zero-order valence-electron chi connectivity index (χ0n) is 19.3. The Kier molecular flexibility index (Phi) is 15.1. The number of nitrogens with zero attached hydrogens (tertiary/aromatic N) is 2. The molecule has 172 valence electrons. The quantitative estimate of drug-likeness (QED) is 0.200. The fraction of sp³-hybridized carbons (Fsp3) is 0.833. The van der Waals surface area contributed by atoms with Gasteiger partial charge < -0.3 is 25.2 Å². The SMILES string of the molecule is CCCCCCCCCCCCC(O)CNCCN1C#CC(C)=[N+](CC(=O)[O-])CC1. The maximum atomic E-state index is 10.8. The number of carbonyl (C=O) groups is 1. The molecule has 0 radical (unpaired) electrons. The van der Waals surface area contributed by atoms with Gasteiger partial charge in [0, 0.05) is 38.5 Å². The summed E-state index contributed by atoms with van der Waals surface area (Å²) in [5, 5.41) is 24.2. The summed E-state index contributed by atoms with van der Waals surface area (Å²) in [5.74, 6) is 1.93. The summed E-state index contributed by atoms with van der Waals surface area (Å²) in [7, 11) is 0. The van der Waals surface area contributed by atoms with Crippen molar-refractivity contribution in [3.8, 4) is 12.0 Å². The van der Waals surface area contributed by atoms with E-state index in [1.165, 1.54) is 57.8 Å². The van der Waals surface area contributed by atoms with Crippen molar-refractivity contribution in [1.29, 1.82) is 0 Å². The molecule has 0 aliphatic carbocycles. The minimum atomic E-state index is -1.08. The van der Waals surface area contributed by atoms with Crippen LogP contribution >= 0.6 is 0 Å². The number of aliphatic hydroxyl groups is 1. The Hall–Kier alpha value is -1.58.